The average molecular weight is 343 g/mol. The molecule has 1 aromatic rings. The number of hydrogen-bond donors (Lipinski definition) is 1. The Kier molecular flexibility index (Phi) is 5.51. The maximum atomic E-state index is 13.1. The molecular weight excluding hydrogens is 323 g/mol. The van der Waals surface area contributed by atoms with E-state index in [0.29, 0.717) is 18.4 Å². The lowest BCUT2D eigenvalue weighted by molar-refractivity contribution is -0.200. The van der Waals surface area contributed by atoms with Crippen LogP contribution in [0.15, 0.2) is 24.3 Å². The molecule has 0 radical (unpaired) electrons. The summed E-state index contributed by atoms with van der Waals surface area (Å²) >= 11 is 0. The normalized spacial score (nSPS) is 21.3. The van der Waals surface area contributed by atoms with Gasteiger partial charge in [-0.25, -0.2) is 4.79 Å². The number of amides is 1. The minimum absolute atomic E-state index is 0.00105. The van der Waals surface area contributed by atoms with Crippen LogP contribution in [0.25, 0.3) is 0 Å². The zero-order valence-corrected chi connectivity index (χ0v) is 13.3. The van der Waals surface area contributed by atoms with Gasteiger partial charge in [-0.15, -0.1) is 0 Å². The van der Waals surface area contributed by atoms with Gasteiger partial charge in [0.25, 0.3) is 0 Å². The first-order valence-electron chi connectivity index (χ1n) is 7.84. The number of aromatic carboxylic acids is 1. The van der Waals surface area contributed by atoms with Gasteiger partial charge in [0.1, 0.15) is 0 Å². The van der Waals surface area contributed by atoms with Gasteiger partial charge in [0, 0.05) is 19.5 Å². The molecule has 1 amide bonds. The second-order valence-corrected chi connectivity index (χ2v) is 6.24. The minimum atomic E-state index is -4.36. The molecule has 0 aromatic heterocycles. The first-order valence-corrected chi connectivity index (χ1v) is 7.84. The van der Waals surface area contributed by atoms with Crippen molar-refractivity contribution in [3.05, 3.63) is 35.4 Å². The van der Waals surface area contributed by atoms with Crippen LogP contribution in [0.5, 0.6) is 0 Å². The summed E-state index contributed by atoms with van der Waals surface area (Å²) in [6.07, 6.45) is -2.98. The number of hydrogen-bond acceptors (Lipinski definition) is 2. The summed E-state index contributed by atoms with van der Waals surface area (Å²) in [7, 11) is 1.48. The Bertz CT molecular complexity index is 598. The lowest BCUT2D eigenvalue weighted by atomic mass is 9.78. The van der Waals surface area contributed by atoms with E-state index in [-0.39, 0.29) is 24.9 Å². The summed E-state index contributed by atoms with van der Waals surface area (Å²) in [5, 5.41) is 8.85. The van der Waals surface area contributed by atoms with Crippen LogP contribution in [-0.2, 0) is 11.3 Å². The number of carbonyl (C=O) groups is 2. The monoisotopic (exact) mass is 343 g/mol. The molecule has 0 spiro atoms. The third-order valence-electron chi connectivity index (χ3n) is 4.50. The molecule has 0 saturated heterocycles. The highest BCUT2D eigenvalue weighted by Crippen LogP contribution is 2.42. The smallest absolute Gasteiger partial charge is 0.392 e. The van der Waals surface area contributed by atoms with E-state index in [0.717, 1.165) is 0 Å². The highest BCUT2D eigenvalue weighted by molar-refractivity contribution is 5.87. The molecule has 1 saturated carbocycles. The fraction of sp³-hybridized carbons (Fsp3) is 0.529. The van der Waals surface area contributed by atoms with Crippen molar-refractivity contribution in [2.75, 3.05) is 7.05 Å². The summed E-state index contributed by atoms with van der Waals surface area (Å²) in [5.74, 6) is -4.15. The van der Waals surface area contributed by atoms with Crippen LogP contribution in [0.2, 0.25) is 0 Å². The van der Waals surface area contributed by atoms with Crippen LogP contribution >= 0.6 is 0 Å². The molecule has 4 nitrogen and oxygen atoms in total. The number of benzene rings is 1. The molecule has 0 heterocycles. The molecule has 0 aliphatic heterocycles. The summed E-state index contributed by atoms with van der Waals surface area (Å²) in [5.41, 5.74) is 0.798. The van der Waals surface area contributed by atoms with E-state index in [1.165, 1.54) is 24.1 Å². The molecule has 1 aliphatic rings. The Morgan fingerprint density at radius 1 is 1.17 bits per heavy atom. The predicted octanol–water partition coefficient (Wildman–Crippen LogP) is 3.71. The predicted molar refractivity (Wildman–Crippen MR) is 81.4 cm³/mol. The highest BCUT2D eigenvalue weighted by atomic mass is 19.4. The molecule has 24 heavy (non-hydrogen) atoms. The number of rotatable bonds is 4. The van der Waals surface area contributed by atoms with E-state index >= 15 is 0 Å². The SMILES string of the molecule is CN(Cc1ccc(C(=O)O)cc1)C(=O)C1CCCCC1C(F)(F)F. The molecule has 1 N–H and O–H groups in total. The fourth-order valence-corrected chi connectivity index (χ4v) is 3.21. The third-order valence-corrected chi connectivity index (χ3v) is 4.50. The first kappa shape index (κ1) is 18.3. The molecular formula is C17H20F3NO3. The fourth-order valence-electron chi connectivity index (χ4n) is 3.21. The lowest BCUT2D eigenvalue weighted by Gasteiger charge is -2.34. The van der Waals surface area contributed by atoms with Gasteiger partial charge in [-0.05, 0) is 30.5 Å². The van der Waals surface area contributed by atoms with E-state index in [1.54, 1.807) is 12.1 Å². The van der Waals surface area contributed by atoms with Crippen molar-refractivity contribution in [1.29, 1.82) is 0 Å². The quantitative estimate of drug-likeness (QED) is 0.907. The van der Waals surface area contributed by atoms with Crippen LogP contribution in [0, 0.1) is 11.8 Å². The Morgan fingerprint density at radius 2 is 1.75 bits per heavy atom. The number of carboxylic acids is 1. The highest BCUT2D eigenvalue weighted by Gasteiger charge is 2.48. The van der Waals surface area contributed by atoms with Crippen molar-refractivity contribution in [2.24, 2.45) is 11.8 Å². The van der Waals surface area contributed by atoms with E-state index < -0.39 is 29.9 Å². The minimum Gasteiger partial charge on any atom is -0.478 e. The number of nitrogens with zero attached hydrogens (tertiary/aromatic N) is 1. The van der Waals surface area contributed by atoms with Crippen molar-refractivity contribution < 1.29 is 27.9 Å². The van der Waals surface area contributed by atoms with E-state index in [4.69, 9.17) is 5.11 Å². The Balaban J connectivity index is 2.06. The summed E-state index contributed by atoms with van der Waals surface area (Å²) < 4.78 is 39.4. The van der Waals surface area contributed by atoms with Gasteiger partial charge in [0.15, 0.2) is 0 Å². The third kappa shape index (κ3) is 4.27. The van der Waals surface area contributed by atoms with Crippen molar-refractivity contribution in [3.63, 3.8) is 0 Å². The van der Waals surface area contributed by atoms with Crippen LogP contribution in [0.1, 0.15) is 41.6 Å². The molecule has 1 fully saturated rings. The zero-order chi connectivity index (χ0) is 17.9. The maximum absolute atomic E-state index is 13.1. The number of carbonyl (C=O) groups excluding carboxylic acids is 1. The van der Waals surface area contributed by atoms with Gasteiger partial charge in [-0.2, -0.15) is 13.2 Å². The van der Waals surface area contributed by atoms with E-state index in [9.17, 15) is 22.8 Å². The average Bonchev–Trinajstić information content (AvgIpc) is 2.53. The molecule has 2 rings (SSSR count). The standard InChI is InChI=1S/C17H20F3NO3/c1-21(10-11-6-8-12(9-7-11)16(23)24)15(22)13-4-2-3-5-14(13)17(18,19)20/h6-9,13-14H,2-5,10H2,1H3,(H,23,24). The van der Waals surface area contributed by atoms with Crippen LogP contribution in [0.3, 0.4) is 0 Å². The Hall–Kier alpha value is -2.05. The number of alkyl halides is 3. The van der Waals surface area contributed by atoms with Gasteiger partial charge in [0.05, 0.1) is 11.5 Å². The first-order chi connectivity index (χ1) is 11.2. The van der Waals surface area contributed by atoms with Crippen molar-refractivity contribution >= 4 is 11.9 Å². The second kappa shape index (κ2) is 7.23. The molecule has 2 unspecified atom stereocenters. The Labute approximate surface area is 138 Å². The van der Waals surface area contributed by atoms with Crippen LogP contribution in [-0.4, -0.2) is 35.1 Å². The van der Waals surface area contributed by atoms with Gasteiger partial charge in [-0.1, -0.05) is 25.0 Å². The Morgan fingerprint density at radius 3 is 2.29 bits per heavy atom. The van der Waals surface area contributed by atoms with Crippen molar-refractivity contribution in [1.82, 2.24) is 4.90 Å². The van der Waals surface area contributed by atoms with E-state index in [1.807, 2.05) is 0 Å². The number of halogens is 3. The van der Waals surface area contributed by atoms with Crippen molar-refractivity contribution in [3.8, 4) is 0 Å². The van der Waals surface area contributed by atoms with Crippen molar-refractivity contribution in [2.45, 2.75) is 38.4 Å². The summed E-state index contributed by atoms with van der Waals surface area (Å²) in [6, 6.07) is 5.95. The van der Waals surface area contributed by atoms with E-state index in [2.05, 4.69) is 0 Å². The molecule has 7 heteroatoms. The van der Waals surface area contributed by atoms with Gasteiger partial charge in [0.2, 0.25) is 5.91 Å². The van der Waals surface area contributed by atoms with Gasteiger partial charge < -0.3 is 10.0 Å². The molecule has 2 atom stereocenters. The topological polar surface area (TPSA) is 57.6 Å². The maximum Gasteiger partial charge on any atom is 0.392 e. The van der Waals surface area contributed by atoms with Gasteiger partial charge >= 0.3 is 12.1 Å². The summed E-state index contributed by atoms with van der Waals surface area (Å²) in [4.78, 5) is 24.6. The number of carboxylic acid groups (broad SMARTS) is 1. The van der Waals surface area contributed by atoms with Gasteiger partial charge in [-0.3, -0.25) is 4.79 Å². The van der Waals surface area contributed by atoms with Crippen LogP contribution < -0.4 is 0 Å². The zero-order valence-electron chi connectivity index (χ0n) is 13.3. The molecule has 0 bridgehead atoms. The second-order valence-electron chi connectivity index (χ2n) is 6.24. The summed E-state index contributed by atoms with van der Waals surface area (Å²) in [6.45, 7) is 0.153. The van der Waals surface area contributed by atoms with Crippen LogP contribution in [0.4, 0.5) is 13.2 Å². The lowest BCUT2D eigenvalue weighted by Crippen LogP contribution is -2.43. The molecule has 1 aliphatic carbocycles. The largest absolute Gasteiger partial charge is 0.478 e. The molecule has 132 valence electrons. The molecule has 1 aromatic carbocycles.